The Bertz CT molecular complexity index is 1350. The molecule has 316 valence electrons. The number of hydroxylamine groups is 8. The zero-order chi connectivity index (χ0) is 41.2. The van der Waals surface area contributed by atoms with E-state index >= 15 is 0 Å². The molecule has 0 aromatic heterocycles. The molecule has 0 saturated carbocycles. The van der Waals surface area contributed by atoms with Crippen molar-refractivity contribution in [1.82, 2.24) is 20.3 Å². The second kappa shape index (κ2) is 22.9. The van der Waals surface area contributed by atoms with Gasteiger partial charge in [0.05, 0.1) is 71.1 Å². The van der Waals surface area contributed by atoms with E-state index in [1.807, 2.05) is 0 Å². The average Bonchev–Trinajstić information content (AvgIpc) is 3.89. The molecule has 0 aliphatic carbocycles. The first kappa shape index (κ1) is 45.0. The van der Waals surface area contributed by atoms with Gasteiger partial charge in [-0.15, -0.1) is 10.1 Å². The number of carbonyl (C=O) groups is 10. The lowest BCUT2D eigenvalue weighted by molar-refractivity contribution is -0.198. The minimum Gasteiger partial charge on any atom is -0.381 e. The maximum Gasteiger partial charge on any atom is 0.335 e. The Labute approximate surface area is 327 Å². The summed E-state index contributed by atoms with van der Waals surface area (Å²) in [7, 11) is 0. The highest BCUT2D eigenvalue weighted by atomic mass is 16.7. The van der Waals surface area contributed by atoms with Gasteiger partial charge in [-0.25, -0.2) is 9.59 Å². The average molecular weight is 813 g/mol. The van der Waals surface area contributed by atoms with Crippen LogP contribution in [0, 0.1) is 5.41 Å². The van der Waals surface area contributed by atoms with Crippen LogP contribution in [0.4, 0.5) is 0 Å². The van der Waals surface area contributed by atoms with Gasteiger partial charge in [-0.1, -0.05) is 0 Å². The van der Waals surface area contributed by atoms with E-state index in [0.29, 0.717) is 35.8 Å². The molecule has 0 unspecified atom stereocenters. The minimum atomic E-state index is -1.06. The summed E-state index contributed by atoms with van der Waals surface area (Å²) in [6, 6.07) is 0. The molecule has 22 heteroatoms. The third kappa shape index (κ3) is 14.3. The topological polar surface area (TPSA) is 258 Å². The summed E-state index contributed by atoms with van der Waals surface area (Å²) in [6.45, 7) is -0.0829. The van der Waals surface area contributed by atoms with Crippen molar-refractivity contribution < 1.29 is 86.2 Å². The molecule has 0 radical (unpaired) electrons. The lowest BCUT2D eigenvalue weighted by Crippen LogP contribution is -2.42. The van der Waals surface area contributed by atoms with Crippen LogP contribution in [0.15, 0.2) is 0 Å². The fraction of sp³-hybridized carbons (Fsp3) is 0.714. The molecule has 4 saturated heterocycles. The Hall–Kier alpha value is -4.74. The van der Waals surface area contributed by atoms with Gasteiger partial charge in [-0.2, -0.15) is 10.1 Å². The molecule has 8 amide bonds. The van der Waals surface area contributed by atoms with Crippen LogP contribution in [0.2, 0.25) is 0 Å². The molecule has 0 aromatic rings. The van der Waals surface area contributed by atoms with Crippen molar-refractivity contribution in [1.29, 1.82) is 0 Å². The quantitative estimate of drug-likeness (QED) is 0.0729. The monoisotopic (exact) mass is 812 g/mol. The first-order chi connectivity index (χ1) is 27.4. The molecule has 0 N–H and O–H groups in total. The van der Waals surface area contributed by atoms with Crippen LogP contribution < -0.4 is 0 Å². The van der Waals surface area contributed by atoms with E-state index in [9.17, 15) is 47.9 Å². The lowest BCUT2D eigenvalue weighted by atomic mass is 9.92. The normalized spacial score (nSPS) is 17.7. The fourth-order valence-corrected chi connectivity index (χ4v) is 5.65. The Morgan fingerprint density at radius 2 is 0.649 bits per heavy atom. The molecule has 0 spiro atoms. The van der Waals surface area contributed by atoms with E-state index in [2.05, 4.69) is 0 Å². The first-order valence-electron chi connectivity index (χ1n) is 18.8. The largest absolute Gasteiger partial charge is 0.381 e. The highest BCUT2D eigenvalue weighted by Crippen LogP contribution is 2.23. The second-order valence-electron chi connectivity index (χ2n) is 13.5. The van der Waals surface area contributed by atoms with E-state index in [-0.39, 0.29) is 130 Å². The number of amides is 8. The van der Waals surface area contributed by atoms with Crippen molar-refractivity contribution in [2.45, 2.75) is 89.9 Å². The summed E-state index contributed by atoms with van der Waals surface area (Å²) >= 11 is 0. The third-order valence-corrected chi connectivity index (χ3v) is 8.75. The summed E-state index contributed by atoms with van der Waals surface area (Å²) in [6.07, 6.45) is 1.33. The summed E-state index contributed by atoms with van der Waals surface area (Å²) in [5.74, 6) is -5.86. The van der Waals surface area contributed by atoms with Gasteiger partial charge in [0.2, 0.25) is 0 Å². The molecular formula is C35H48N4O18. The number of rotatable bonds is 28. The molecule has 4 fully saturated rings. The van der Waals surface area contributed by atoms with Gasteiger partial charge in [0.25, 0.3) is 47.3 Å². The number of hydrogen-bond donors (Lipinski definition) is 0. The highest BCUT2D eigenvalue weighted by Gasteiger charge is 2.36. The van der Waals surface area contributed by atoms with Crippen molar-refractivity contribution in [2.75, 3.05) is 66.1 Å². The van der Waals surface area contributed by atoms with Crippen molar-refractivity contribution in [2.24, 2.45) is 5.41 Å². The number of carbonyl (C=O) groups excluding carboxylic acids is 10. The first-order valence-corrected chi connectivity index (χ1v) is 18.8. The molecule has 57 heavy (non-hydrogen) atoms. The number of unbranched alkanes of at least 4 members (excludes halogenated alkanes) is 2. The smallest absolute Gasteiger partial charge is 0.335 e. The minimum absolute atomic E-state index is 0.0261. The van der Waals surface area contributed by atoms with Crippen molar-refractivity contribution >= 4 is 59.2 Å². The standard InChI is InChI=1S/C35H48N4O18/c40-25-5-6-26(41)36(25)54-17-3-1-15-50-21-35(22-51-16-2-4-18-55-37-27(42)7-8-28(37)43,23-52-19-13-33(48)56-38-29(44)9-10-30(38)45)24-53-20-14-34(49)57-39-31(46)11-12-32(39)47/h1-24H2. The van der Waals surface area contributed by atoms with Crippen LogP contribution in [0.5, 0.6) is 0 Å². The Morgan fingerprint density at radius 1 is 0.386 bits per heavy atom. The lowest BCUT2D eigenvalue weighted by Gasteiger charge is -2.33. The Balaban J connectivity index is 1.31. The van der Waals surface area contributed by atoms with Gasteiger partial charge in [0.1, 0.15) is 0 Å². The summed E-state index contributed by atoms with van der Waals surface area (Å²) in [5.41, 5.74) is -1.06. The molecular weight excluding hydrogens is 764 g/mol. The van der Waals surface area contributed by atoms with Crippen LogP contribution in [-0.4, -0.2) is 146 Å². The highest BCUT2D eigenvalue weighted by molar-refractivity contribution is 6.02. The van der Waals surface area contributed by atoms with Gasteiger partial charge in [0.15, 0.2) is 0 Å². The van der Waals surface area contributed by atoms with Crippen molar-refractivity contribution in [3.8, 4) is 0 Å². The predicted octanol–water partition coefficient (Wildman–Crippen LogP) is -0.245. The number of hydrogen-bond acceptors (Lipinski definition) is 18. The summed E-state index contributed by atoms with van der Waals surface area (Å²) in [5, 5.41) is 2.40. The molecule has 0 atom stereocenters. The molecule has 4 aliphatic rings. The van der Waals surface area contributed by atoms with E-state index in [1.165, 1.54) is 0 Å². The van der Waals surface area contributed by atoms with Crippen LogP contribution in [0.1, 0.15) is 89.9 Å². The zero-order valence-corrected chi connectivity index (χ0v) is 31.6. The van der Waals surface area contributed by atoms with E-state index in [1.54, 1.807) is 0 Å². The van der Waals surface area contributed by atoms with Crippen LogP contribution in [0.3, 0.4) is 0 Å². The summed E-state index contributed by atoms with van der Waals surface area (Å²) < 4.78 is 23.7. The molecule has 4 rings (SSSR count). The Morgan fingerprint density at radius 3 is 0.965 bits per heavy atom. The van der Waals surface area contributed by atoms with Gasteiger partial charge < -0.3 is 28.6 Å². The summed E-state index contributed by atoms with van der Waals surface area (Å²) in [4.78, 5) is 140. The van der Waals surface area contributed by atoms with Crippen molar-refractivity contribution in [3.05, 3.63) is 0 Å². The maximum absolute atomic E-state index is 12.4. The van der Waals surface area contributed by atoms with Crippen molar-refractivity contribution in [3.63, 3.8) is 0 Å². The molecule has 22 nitrogen and oxygen atoms in total. The fourth-order valence-electron chi connectivity index (χ4n) is 5.65. The van der Waals surface area contributed by atoms with Gasteiger partial charge in [0, 0.05) is 64.6 Å². The molecule has 0 bridgehead atoms. The van der Waals surface area contributed by atoms with Gasteiger partial charge >= 0.3 is 11.9 Å². The molecule has 4 heterocycles. The predicted molar refractivity (Wildman–Crippen MR) is 182 cm³/mol. The molecule has 0 aromatic carbocycles. The number of nitrogens with zero attached hydrogens (tertiary/aromatic N) is 4. The van der Waals surface area contributed by atoms with Gasteiger partial charge in [-0.05, 0) is 25.7 Å². The van der Waals surface area contributed by atoms with Gasteiger partial charge in [-0.3, -0.25) is 48.0 Å². The SMILES string of the molecule is O=C(CCOCC(COCCCCON1C(=O)CCC1=O)(COCCCCON1C(=O)CCC1=O)COCCC(=O)ON1C(=O)CCC1=O)ON1C(=O)CCC1=O. The number of ether oxygens (including phenoxy) is 4. The van der Waals surface area contributed by atoms with E-state index < -0.39 is 64.6 Å². The van der Waals surface area contributed by atoms with E-state index in [4.69, 9.17) is 38.3 Å². The Kier molecular flexibility index (Phi) is 18.0. The van der Waals surface area contributed by atoms with Crippen LogP contribution in [-0.2, 0) is 86.2 Å². The van der Waals surface area contributed by atoms with Crippen LogP contribution in [0.25, 0.3) is 0 Å². The second-order valence-corrected chi connectivity index (χ2v) is 13.5. The zero-order valence-electron chi connectivity index (χ0n) is 31.6. The van der Waals surface area contributed by atoms with Crippen LogP contribution >= 0.6 is 0 Å². The number of imide groups is 4. The third-order valence-electron chi connectivity index (χ3n) is 8.75. The molecule has 4 aliphatic heterocycles. The maximum atomic E-state index is 12.4. The van der Waals surface area contributed by atoms with E-state index in [0.717, 1.165) is 10.1 Å².